The Hall–Kier alpha value is -3.19. The summed E-state index contributed by atoms with van der Waals surface area (Å²) in [6, 6.07) is 16.9. The van der Waals surface area contributed by atoms with Crippen molar-refractivity contribution in [1.29, 1.82) is 0 Å². The first-order valence-electron chi connectivity index (χ1n) is 11.1. The zero-order valence-electron chi connectivity index (χ0n) is 18.6. The fourth-order valence-corrected chi connectivity index (χ4v) is 3.97. The highest BCUT2D eigenvalue weighted by Gasteiger charge is 2.28. The fourth-order valence-electron chi connectivity index (χ4n) is 3.97. The largest absolute Gasteiger partial charge is 0.367 e. The zero-order chi connectivity index (χ0) is 22.3. The van der Waals surface area contributed by atoms with Crippen molar-refractivity contribution in [2.45, 2.75) is 39.1 Å². The Balaban J connectivity index is 1.49. The minimum absolute atomic E-state index is 0.0303. The molecule has 7 heteroatoms. The molecule has 2 heterocycles. The van der Waals surface area contributed by atoms with Crippen molar-refractivity contribution in [3.05, 3.63) is 89.8 Å². The van der Waals surface area contributed by atoms with Crippen LogP contribution in [0.1, 0.15) is 36.9 Å². The summed E-state index contributed by atoms with van der Waals surface area (Å²) in [4.78, 5) is 11.6. The number of nitrogens with one attached hydrogen (secondary N) is 1. The molecule has 32 heavy (non-hydrogen) atoms. The third-order valence-corrected chi connectivity index (χ3v) is 5.50. The number of aromatic nitrogens is 2. The number of benzene rings is 2. The molecule has 0 bridgehead atoms. The lowest BCUT2D eigenvalue weighted by Crippen LogP contribution is -2.50. The van der Waals surface area contributed by atoms with E-state index in [2.05, 4.69) is 45.7 Å². The summed E-state index contributed by atoms with van der Waals surface area (Å²) < 4.78 is 21.6. The zero-order valence-corrected chi connectivity index (χ0v) is 18.6. The lowest BCUT2D eigenvalue weighted by Gasteiger charge is -2.38. The minimum atomic E-state index is -0.240. The van der Waals surface area contributed by atoms with Crippen molar-refractivity contribution in [2.24, 2.45) is 4.99 Å². The highest BCUT2D eigenvalue weighted by Crippen LogP contribution is 2.25. The maximum Gasteiger partial charge on any atom is 0.194 e. The van der Waals surface area contributed by atoms with Crippen LogP contribution < -0.4 is 5.32 Å². The van der Waals surface area contributed by atoms with E-state index >= 15 is 0 Å². The first-order valence-corrected chi connectivity index (χ1v) is 11.1. The van der Waals surface area contributed by atoms with E-state index in [0.717, 1.165) is 37.0 Å². The van der Waals surface area contributed by atoms with Crippen LogP contribution >= 0.6 is 0 Å². The number of imidazole rings is 1. The number of hydrogen-bond donors (Lipinski definition) is 1. The van der Waals surface area contributed by atoms with E-state index in [4.69, 9.17) is 9.73 Å². The van der Waals surface area contributed by atoms with Gasteiger partial charge < -0.3 is 19.5 Å². The number of nitrogens with zero attached hydrogens (tertiary/aromatic N) is 4. The number of rotatable bonds is 6. The Bertz CT molecular complexity index is 1020. The van der Waals surface area contributed by atoms with Crippen LogP contribution in [0.3, 0.4) is 0 Å². The summed E-state index contributed by atoms with van der Waals surface area (Å²) in [5, 5.41) is 3.41. The Morgan fingerprint density at radius 2 is 1.94 bits per heavy atom. The smallest absolute Gasteiger partial charge is 0.194 e. The van der Waals surface area contributed by atoms with Gasteiger partial charge in [-0.3, -0.25) is 0 Å². The van der Waals surface area contributed by atoms with E-state index in [1.807, 2.05) is 30.6 Å². The highest BCUT2D eigenvalue weighted by atomic mass is 19.1. The van der Waals surface area contributed by atoms with E-state index in [9.17, 15) is 4.39 Å². The number of hydrogen-bond acceptors (Lipinski definition) is 3. The summed E-state index contributed by atoms with van der Waals surface area (Å²) in [6.07, 6.45) is 3.71. The van der Waals surface area contributed by atoms with Gasteiger partial charge in [0.1, 0.15) is 24.3 Å². The monoisotopic (exact) mass is 435 g/mol. The summed E-state index contributed by atoms with van der Waals surface area (Å²) in [6.45, 7) is 7.52. The molecule has 1 N–H and O–H groups in total. The summed E-state index contributed by atoms with van der Waals surface area (Å²) in [7, 11) is 0. The average Bonchev–Trinajstić information content (AvgIpc) is 3.24. The molecule has 1 fully saturated rings. The molecule has 0 aliphatic carbocycles. The van der Waals surface area contributed by atoms with E-state index in [1.54, 1.807) is 12.1 Å². The molecule has 0 radical (unpaired) electrons. The maximum absolute atomic E-state index is 13.4. The molecule has 6 nitrogen and oxygen atoms in total. The Labute approximate surface area is 188 Å². The molecule has 2 atom stereocenters. The van der Waals surface area contributed by atoms with Gasteiger partial charge in [0, 0.05) is 32.0 Å². The fraction of sp³-hybridized carbons (Fsp3) is 0.360. The summed E-state index contributed by atoms with van der Waals surface area (Å²) in [5.41, 5.74) is 2.20. The number of guanidine groups is 1. The van der Waals surface area contributed by atoms with Gasteiger partial charge in [-0.2, -0.15) is 0 Å². The van der Waals surface area contributed by atoms with Crippen LogP contribution in [-0.2, 0) is 17.8 Å². The van der Waals surface area contributed by atoms with E-state index in [0.29, 0.717) is 13.1 Å². The van der Waals surface area contributed by atoms with Crippen molar-refractivity contribution in [3.63, 3.8) is 0 Å². The lowest BCUT2D eigenvalue weighted by atomic mass is 10.1. The number of aliphatic imine (C=N–C) groups is 1. The van der Waals surface area contributed by atoms with Gasteiger partial charge in [0.2, 0.25) is 0 Å². The lowest BCUT2D eigenvalue weighted by molar-refractivity contribution is -0.0605. The summed E-state index contributed by atoms with van der Waals surface area (Å²) >= 11 is 0. The van der Waals surface area contributed by atoms with Gasteiger partial charge in [-0.25, -0.2) is 14.4 Å². The summed E-state index contributed by atoms with van der Waals surface area (Å²) in [5.74, 6) is 1.51. The SMILES string of the molecule is CCNC(=NCc1nccn1Cc1ccccc1)N1CC(C)OC(c2ccc(F)cc2)C1. The van der Waals surface area contributed by atoms with Crippen LogP contribution in [0.15, 0.2) is 72.0 Å². The molecule has 0 spiro atoms. The van der Waals surface area contributed by atoms with Gasteiger partial charge in [-0.1, -0.05) is 42.5 Å². The second-order valence-electron chi connectivity index (χ2n) is 8.02. The highest BCUT2D eigenvalue weighted by molar-refractivity contribution is 5.80. The molecule has 1 aliphatic rings. The molecule has 1 aliphatic heterocycles. The predicted octanol–water partition coefficient (Wildman–Crippen LogP) is 4.00. The third-order valence-electron chi connectivity index (χ3n) is 5.50. The second kappa shape index (κ2) is 10.4. The molecule has 2 unspecified atom stereocenters. The first-order chi connectivity index (χ1) is 15.6. The quantitative estimate of drug-likeness (QED) is 0.470. The van der Waals surface area contributed by atoms with Crippen LogP contribution in [0.25, 0.3) is 0 Å². The Kier molecular flexibility index (Phi) is 7.17. The van der Waals surface area contributed by atoms with Crippen molar-refractivity contribution < 1.29 is 9.13 Å². The molecule has 1 saturated heterocycles. The number of halogens is 1. The molecule has 3 aromatic rings. The van der Waals surface area contributed by atoms with Gasteiger partial charge in [0.25, 0.3) is 0 Å². The molecule has 0 amide bonds. The van der Waals surface area contributed by atoms with Gasteiger partial charge in [0.15, 0.2) is 5.96 Å². The van der Waals surface area contributed by atoms with Crippen LogP contribution in [-0.4, -0.2) is 46.1 Å². The van der Waals surface area contributed by atoms with Crippen molar-refractivity contribution in [3.8, 4) is 0 Å². The first kappa shape index (κ1) is 22.0. The average molecular weight is 436 g/mol. The van der Waals surface area contributed by atoms with E-state index in [1.165, 1.54) is 17.7 Å². The standard InChI is InChI=1S/C25H30FN5O/c1-3-27-25(29-15-24-28-13-14-30(24)17-20-7-5-4-6-8-20)31-16-19(2)32-23(18-31)21-9-11-22(26)12-10-21/h4-14,19,23H,3,15-18H2,1-2H3,(H,27,29). The molecular weight excluding hydrogens is 405 g/mol. The number of morpholine rings is 1. The molecule has 168 valence electrons. The van der Waals surface area contributed by atoms with Crippen LogP contribution in [0.4, 0.5) is 4.39 Å². The second-order valence-corrected chi connectivity index (χ2v) is 8.02. The normalized spacial score (nSPS) is 19.2. The van der Waals surface area contributed by atoms with Crippen molar-refractivity contribution in [1.82, 2.24) is 19.8 Å². The van der Waals surface area contributed by atoms with E-state index < -0.39 is 0 Å². The van der Waals surface area contributed by atoms with E-state index in [-0.39, 0.29) is 18.0 Å². The molecule has 4 rings (SSSR count). The molecule has 0 saturated carbocycles. The van der Waals surface area contributed by atoms with Gasteiger partial charge in [-0.05, 0) is 37.1 Å². The van der Waals surface area contributed by atoms with Crippen LogP contribution in [0, 0.1) is 5.82 Å². The Morgan fingerprint density at radius 1 is 1.16 bits per heavy atom. The van der Waals surface area contributed by atoms with Gasteiger partial charge >= 0.3 is 0 Å². The Morgan fingerprint density at radius 3 is 2.69 bits per heavy atom. The third kappa shape index (κ3) is 5.53. The molecular formula is C25H30FN5O. The van der Waals surface area contributed by atoms with Gasteiger partial charge in [0.05, 0.1) is 12.6 Å². The number of ether oxygens (including phenoxy) is 1. The minimum Gasteiger partial charge on any atom is -0.367 e. The van der Waals surface area contributed by atoms with Crippen LogP contribution in [0.2, 0.25) is 0 Å². The molecule has 1 aromatic heterocycles. The maximum atomic E-state index is 13.4. The topological polar surface area (TPSA) is 54.7 Å². The van der Waals surface area contributed by atoms with Crippen LogP contribution in [0.5, 0.6) is 0 Å². The molecule has 2 aromatic carbocycles. The van der Waals surface area contributed by atoms with Crippen molar-refractivity contribution >= 4 is 5.96 Å². The predicted molar refractivity (Wildman–Crippen MR) is 124 cm³/mol. The van der Waals surface area contributed by atoms with Gasteiger partial charge in [-0.15, -0.1) is 0 Å². The van der Waals surface area contributed by atoms with Crippen molar-refractivity contribution in [2.75, 3.05) is 19.6 Å².